The monoisotopic (exact) mass is 366 g/mol. The van der Waals surface area contributed by atoms with Crippen molar-refractivity contribution >= 4 is 33.0 Å². The SMILES string of the molecule is CS(=O)(=O)c1nc(-c2ccccc2Cl)c(-c2ccccc2Cl)[nH]1. The minimum atomic E-state index is -3.50. The lowest BCUT2D eigenvalue weighted by Gasteiger charge is -2.06. The number of H-pyrrole nitrogens is 1. The number of nitrogens with zero attached hydrogens (tertiary/aromatic N) is 1. The highest BCUT2D eigenvalue weighted by Crippen LogP contribution is 2.37. The molecule has 0 saturated heterocycles. The van der Waals surface area contributed by atoms with Gasteiger partial charge in [-0.1, -0.05) is 59.6 Å². The van der Waals surface area contributed by atoms with Crippen LogP contribution in [-0.2, 0) is 9.84 Å². The number of aromatic nitrogens is 2. The molecule has 2 aromatic carbocycles. The normalized spacial score (nSPS) is 11.6. The van der Waals surface area contributed by atoms with Crippen molar-refractivity contribution in [1.82, 2.24) is 9.97 Å². The van der Waals surface area contributed by atoms with Crippen LogP contribution in [0.2, 0.25) is 10.0 Å². The molecule has 4 nitrogen and oxygen atoms in total. The molecule has 3 aromatic rings. The maximum absolute atomic E-state index is 11.9. The smallest absolute Gasteiger partial charge is 0.225 e. The van der Waals surface area contributed by atoms with Crippen molar-refractivity contribution in [2.24, 2.45) is 0 Å². The van der Waals surface area contributed by atoms with Crippen LogP contribution in [-0.4, -0.2) is 24.6 Å². The van der Waals surface area contributed by atoms with Gasteiger partial charge in [-0.15, -0.1) is 0 Å². The number of halogens is 2. The molecule has 0 aliphatic carbocycles. The molecule has 0 bridgehead atoms. The van der Waals surface area contributed by atoms with Crippen LogP contribution in [0.3, 0.4) is 0 Å². The number of sulfone groups is 1. The van der Waals surface area contributed by atoms with E-state index in [1.807, 2.05) is 12.1 Å². The van der Waals surface area contributed by atoms with Gasteiger partial charge in [-0.3, -0.25) is 0 Å². The Balaban J connectivity index is 2.33. The number of benzene rings is 2. The fourth-order valence-electron chi connectivity index (χ4n) is 2.23. The summed E-state index contributed by atoms with van der Waals surface area (Å²) in [5.74, 6) is 0. The number of nitrogens with one attached hydrogen (secondary N) is 1. The van der Waals surface area contributed by atoms with Gasteiger partial charge in [-0.2, -0.15) is 0 Å². The lowest BCUT2D eigenvalue weighted by molar-refractivity contribution is 0.595. The topological polar surface area (TPSA) is 62.8 Å². The first kappa shape index (κ1) is 16.1. The second-order valence-electron chi connectivity index (χ2n) is 5.00. The van der Waals surface area contributed by atoms with E-state index in [0.717, 1.165) is 6.26 Å². The highest BCUT2D eigenvalue weighted by molar-refractivity contribution is 7.90. The van der Waals surface area contributed by atoms with Gasteiger partial charge in [0.25, 0.3) is 0 Å². The molecule has 0 radical (unpaired) electrons. The Morgan fingerprint density at radius 2 is 1.43 bits per heavy atom. The summed E-state index contributed by atoms with van der Waals surface area (Å²) in [6.45, 7) is 0. The summed E-state index contributed by atoms with van der Waals surface area (Å²) < 4.78 is 23.7. The van der Waals surface area contributed by atoms with Gasteiger partial charge >= 0.3 is 0 Å². The summed E-state index contributed by atoms with van der Waals surface area (Å²) in [6, 6.07) is 14.3. The molecule has 0 amide bonds. The predicted molar refractivity (Wildman–Crippen MR) is 92.6 cm³/mol. The first-order valence-electron chi connectivity index (χ1n) is 6.68. The van der Waals surface area contributed by atoms with Gasteiger partial charge in [0, 0.05) is 22.4 Å². The highest BCUT2D eigenvalue weighted by atomic mass is 35.5. The van der Waals surface area contributed by atoms with E-state index in [1.165, 1.54) is 0 Å². The standard InChI is InChI=1S/C16H12Cl2N2O2S/c1-23(21,22)16-19-14(10-6-2-4-8-12(10)17)15(20-16)11-7-3-5-9-13(11)18/h2-9H,1H3,(H,19,20). The second kappa shape index (κ2) is 6.00. The average molecular weight is 367 g/mol. The van der Waals surface area contributed by atoms with Gasteiger partial charge in [0.1, 0.15) is 0 Å². The van der Waals surface area contributed by atoms with Crippen LogP contribution < -0.4 is 0 Å². The Hall–Kier alpha value is -1.82. The van der Waals surface area contributed by atoms with E-state index in [1.54, 1.807) is 36.4 Å². The van der Waals surface area contributed by atoms with Crippen LogP contribution in [0.15, 0.2) is 53.7 Å². The van der Waals surface area contributed by atoms with Crippen LogP contribution in [0.25, 0.3) is 22.5 Å². The third-order valence-corrected chi connectivity index (χ3v) is 4.86. The van der Waals surface area contributed by atoms with Gasteiger partial charge in [-0.25, -0.2) is 13.4 Å². The molecule has 1 aromatic heterocycles. The maximum Gasteiger partial charge on any atom is 0.225 e. The first-order chi connectivity index (χ1) is 10.9. The van der Waals surface area contributed by atoms with Crippen molar-refractivity contribution in [3.63, 3.8) is 0 Å². The molecule has 0 saturated carbocycles. The molecule has 0 fully saturated rings. The minimum absolute atomic E-state index is 0.123. The molecule has 0 spiro atoms. The Morgan fingerprint density at radius 1 is 0.913 bits per heavy atom. The lowest BCUT2D eigenvalue weighted by atomic mass is 10.1. The van der Waals surface area contributed by atoms with E-state index in [-0.39, 0.29) is 5.16 Å². The van der Waals surface area contributed by atoms with Crippen LogP contribution >= 0.6 is 23.2 Å². The molecule has 0 unspecified atom stereocenters. The number of aromatic amines is 1. The zero-order valence-electron chi connectivity index (χ0n) is 12.0. The lowest BCUT2D eigenvalue weighted by Crippen LogP contribution is -1.99. The zero-order valence-corrected chi connectivity index (χ0v) is 14.4. The molecule has 0 atom stereocenters. The summed E-state index contributed by atoms with van der Waals surface area (Å²) in [4.78, 5) is 7.11. The van der Waals surface area contributed by atoms with Crippen molar-refractivity contribution in [3.05, 3.63) is 58.6 Å². The fraction of sp³-hybridized carbons (Fsp3) is 0.0625. The average Bonchev–Trinajstić information content (AvgIpc) is 2.93. The van der Waals surface area contributed by atoms with Crippen molar-refractivity contribution in [1.29, 1.82) is 0 Å². The van der Waals surface area contributed by atoms with Crippen LogP contribution in [0.4, 0.5) is 0 Å². The number of hydrogen-bond acceptors (Lipinski definition) is 3. The zero-order chi connectivity index (χ0) is 16.6. The Morgan fingerprint density at radius 3 is 1.96 bits per heavy atom. The number of rotatable bonds is 3. The van der Waals surface area contributed by atoms with E-state index < -0.39 is 9.84 Å². The molecule has 3 rings (SSSR count). The third-order valence-electron chi connectivity index (χ3n) is 3.31. The van der Waals surface area contributed by atoms with E-state index >= 15 is 0 Å². The summed E-state index contributed by atoms with van der Waals surface area (Å²) >= 11 is 12.5. The van der Waals surface area contributed by atoms with Crippen molar-refractivity contribution < 1.29 is 8.42 Å². The van der Waals surface area contributed by atoms with Gasteiger partial charge in [0.2, 0.25) is 15.0 Å². The van der Waals surface area contributed by atoms with Crippen molar-refractivity contribution in [2.45, 2.75) is 5.16 Å². The van der Waals surface area contributed by atoms with Gasteiger partial charge < -0.3 is 4.98 Å². The van der Waals surface area contributed by atoms with Crippen molar-refractivity contribution in [3.8, 4) is 22.5 Å². The fourth-order valence-corrected chi connectivity index (χ4v) is 3.23. The summed E-state index contributed by atoms with van der Waals surface area (Å²) in [5.41, 5.74) is 2.26. The van der Waals surface area contributed by atoms with E-state index in [0.29, 0.717) is 32.6 Å². The van der Waals surface area contributed by atoms with Crippen LogP contribution in [0, 0.1) is 0 Å². The molecule has 1 heterocycles. The third kappa shape index (κ3) is 3.13. The van der Waals surface area contributed by atoms with Crippen LogP contribution in [0.1, 0.15) is 0 Å². The minimum Gasteiger partial charge on any atom is -0.328 e. The summed E-state index contributed by atoms with van der Waals surface area (Å²) in [6.07, 6.45) is 1.10. The Labute approximate surface area is 144 Å². The van der Waals surface area contributed by atoms with Gasteiger partial charge in [0.15, 0.2) is 0 Å². The maximum atomic E-state index is 11.9. The van der Waals surface area contributed by atoms with E-state index in [4.69, 9.17) is 23.2 Å². The molecule has 118 valence electrons. The van der Waals surface area contributed by atoms with Crippen molar-refractivity contribution in [2.75, 3.05) is 6.26 Å². The van der Waals surface area contributed by atoms with Gasteiger partial charge in [0.05, 0.1) is 16.4 Å². The number of imidazole rings is 1. The van der Waals surface area contributed by atoms with E-state index in [9.17, 15) is 8.42 Å². The molecule has 7 heteroatoms. The first-order valence-corrected chi connectivity index (χ1v) is 9.32. The molecular formula is C16H12Cl2N2O2S. The largest absolute Gasteiger partial charge is 0.328 e. The van der Waals surface area contributed by atoms with Crippen LogP contribution in [0.5, 0.6) is 0 Å². The van der Waals surface area contributed by atoms with Gasteiger partial charge in [-0.05, 0) is 12.1 Å². The highest BCUT2D eigenvalue weighted by Gasteiger charge is 2.21. The predicted octanol–water partition coefficient (Wildman–Crippen LogP) is 4.45. The van der Waals surface area contributed by atoms with E-state index in [2.05, 4.69) is 9.97 Å². The summed E-state index contributed by atoms with van der Waals surface area (Å²) in [7, 11) is -3.50. The number of hydrogen-bond donors (Lipinski definition) is 1. The Bertz CT molecular complexity index is 918. The molecule has 23 heavy (non-hydrogen) atoms. The molecular weight excluding hydrogens is 355 g/mol. The molecule has 0 aliphatic rings. The second-order valence-corrected chi connectivity index (χ2v) is 7.74. The molecule has 0 aliphatic heterocycles. The molecule has 1 N–H and O–H groups in total. The Kier molecular flexibility index (Phi) is 4.19. The summed E-state index contributed by atoms with van der Waals surface area (Å²) in [5, 5.41) is 0.846. The quantitative estimate of drug-likeness (QED) is 0.744.